The van der Waals surface area contributed by atoms with Crippen LogP contribution in [0.4, 0.5) is 5.69 Å². The number of para-hydroxylation sites is 1. The second-order valence-corrected chi connectivity index (χ2v) is 5.83. The van der Waals surface area contributed by atoms with Gasteiger partial charge in [-0.3, -0.25) is 9.59 Å². The summed E-state index contributed by atoms with van der Waals surface area (Å²) in [6.45, 7) is 4.64. The van der Waals surface area contributed by atoms with Crippen LogP contribution >= 0.6 is 0 Å². The summed E-state index contributed by atoms with van der Waals surface area (Å²) in [6.07, 6.45) is 5.68. The first kappa shape index (κ1) is 17.5. The molecule has 2 aromatic rings. The minimum absolute atomic E-state index is 0.261. The zero-order valence-corrected chi connectivity index (χ0v) is 14.3. The van der Waals surface area contributed by atoms with Gasteiger partial charge in [-0.2, -0.15) is 0 Å². The molecular formula is C21H20N2O3. The minimum Gasteiger partial charge on any atom is -0.493 e. The Morgan fingerprint density at radius 2 is 2.04 bits per heavy atom. The molecule has 3 rings (SSSR count). The standard InChI is InChI=1S/C21H20N2O3/c1-2-12-22-21(25)17-5-3-4-6-18(17)23-20(24)10-8-15-7-9-19-16(14-15)11-13-26-19/h2-10,14H,1,11-13H2,(H,22,25)(H,23,24). The fourth-order valence-electron chi connectivity index (χ4n) is 2.71. The molecule has 1 aliphatic rings. The lowest BCUT2D eigenvalue weighted by molar-refractivity contribution is -0.111. The molecule has 0 bridgehead atoms. The molecule has 5 nitrogen and oxygen atoms in total. The van der Waals surface area contributed by atoms with Crippen LogP contribution in [0.25, 0.3) is 6.08 Å². The summed E-state index contributed by atoms with van der Waals surface area (Å²) in [5.74, 6) is 0.347. The van der Waals surface area contributed by atoms with Crippen LogP contribution in [0.2, 0.25) is 0 Å². The molecule has 0 atom stereocenters. The van der Waals surface area contributed by atoms with Crippen molar-refractivity contribution in [3.8, 4) is 5.75 Å². The molecule has 1 aliphatic heterocycles. The topological polar surface area (TPSA) is 67.4 Å². The van der Waals surface area contributed by atoms with E-state index in [1.807, 2.05) is 18.2 Å². The summed E-state index contributed by atoms with van der Waals surface area (Å²) in [7, 11) is 0. The number of nitrogens with one attached hydrogen (secondary N) is 2. The monoisotopic (exact) mass is 348 g/mol. The fraction of sp³-hybridized carbons (Fsp3) is 0.143. The van der Waals surface area contributed by atoms with Gasteiger partial charge in [0.05, 0.1) is 17.9 Å². The van der Waals surface area contributed by atoms with E-state index in [0.717, 1.165) is 23.3 Å². The van der Waals surface area contributed by atoms with Crippen molar-refractivity contribution in [2.75, 3.05) is 18.5 Å². The summed E-state index contributed by atoms with van der Waals surface area (Å²) in [5.41, 5.74) is 2.95. The molecule has 0 radical (unpaired) electrons. The highest BCUT2D eigenvalue weighted by atomic mass is 16.5. The fourth-order valence-corrected chi connectivity index (χ4v) is 2.71. The first-order valence-electron chi connectivity index (χ1n) is 8.40. The Morgan fingerprint density at radius 1 is 1.19 bits per heavy atom. The number of rotatable bonds is 6. The van der Waals surface area contributed by atoms with E-state index >= 15 is 0 Å². The molecular weight excluding hydrogens is 328 g/mol. The lowest BCUT2D eigenvalue weighted by Gasteiger charge is -2.09. The molecule has 0 saturated carbocycles. The number of benzene rings is 2. The molecule has 0 unspecified atom stereocenters. The van der Waals surface area contributed by atoms with E-state index in [9.17, 15) is 9.59 Å². The quantitative estimate of drug-likeness (QED) is 0.622. The number of carbonyl (C=O) groups is 2. The van der Waals surface area contributed by atoms with Crippen molar-refractivity contribution in [3.63, 3.8) is 0 Å². The SMILES string of the molecule is C=CCNC(=O)c1ccccc1NC(=O)C=Cc1ccc2c(c1)CCO2. The second kappa shape index (κ2) is 8.16. The van der Waals surface area contributed by atoms with Gasteiger partial charge in [0.1, 0.15) is 5.75 Å². The zero-order valence-electron chi connectivity index (χ0n) is 14.3. The van der Waals surface area contributed by atoms with Crippen LogP contribution in [0.15, 0.2) is 61.2 Å². The van der Waals surface area contributed by atoms with E-state index in [-0.39, 0.29) is 11.8 Å². The van der Waals surface area contributed by atoms with E-state index < -0.39 is 0 Å². The normalized spacial score (nSPS) is 12.3. The van der Waals surface area contributed by atoms with E-state index in [1.54, 1.807) is 36.4 Å². The van der Waals surface area contributed by atoms with Crippen LogP contribution in [0.5, 0.6) is 5.75 Å². The highest BCUT2D eigenvalue weighted by Crippen LogP contribution is 2.26. The first-order chi connectivity index (χ1) is 12.7. The summed E-state index contributed by atoms with van der Waals surface area (Å²) in [4.78, 5) is 24.4. The van der Waals surface area contributed by atoms with Gasteiger partial charge in [-0.15, -0.1) is 6.58 Å². The van der Waals surface area contributed by atoms with Crippen molar-refractivity contribution in [2.45, 2.75) is 6.42 Å². The molecule has 0 aromatic heterocycles. The molecule has 5 heteroatoms. The van der Waals surface area contributed by atoms with Crippen LogP contribution in [0.3, 0.4) is 0 Å². The number of fused-ring (bicyclic) bond motifs is 1. The number of anilines is 1. The van der Waals surface area contributed by atoms with Gasteiger partial charge in [0.2, 0.25) is 5.91 Å². The van der Waals surface area contributed by atoms with Crippen molar-refractivity contribution in [3.05, 3.63) is 77.9 Å². The molecule has 2 aromatic carbocycles. The lowest BCUT2D eigenvalue weighted by Crippen LogP contribution is -2.24. The van der Waals surface area contributed by atoms with Gasteiger partial charge in [0.25, 0.3) is 5.91 Å². The third-order valence-corrected chi connectivity index (χ3v) is 3.98. The maximum Gasteiger partial charge on any atom is 0.253 e. The van der Waals surface area contributed by atoms with Crippen molar-refractivity contribution in [1.29, 1.82) is 0 Å². The van der Waals surface area contributed by atoms with Crippen molar-refractivity contribution in [1.82, 2.24) is 5.32 Å². The molecule has 0 fully saturated rings. The van der Waals surface area contributed by atoms with Crippen molar-refractivity contribution in [2.24, 2.45) is 0 Å². The molecule has 2 N–H and O–H groups in total. The Balaban J connectivity index is 1.68. The van der Waals surface area contributed by atoms with Gasteiger partial charge in [-0.1, -0.05) is 24.3 Å². The largest absolute Gasteiger partial charge is 0.493 e. The average molecular weight is 348 g/mol. The molecule has 1 heterocycles. The summed E-state index contributed by atoms with van der Waals surface area (Å²) < 4.78 is 5.47. The molecule has 0 spiro atoms. The molecule has 132 valence electrons. The molecule has 26 heavy (non-hydrogen) atoms. The number of amides is 2. The Labute approximate surface area is 152 Å². The summed E-state index contributed by atoms with van der Waals surface area (Å²) in [6, 6.07) is 12.7. The minimum atomic E-state index is -0.300. The third kappa shape index (κ3) is 4.19. The summed E-state index contributed by atoms with van der Waals surface area (Å²) in [5, 5.41) is 5.46. The average Bonchev–Trinajstić information content (AvgIpc) is 3.12. The van der Waals surface area contributed by atoms with Gasteiger partial charge in [0, 0.05) is 19.0 Å². The smallest absolute Gasteiger partial charge is 0.253 e. The van der Waals surface area contributed by atoms with Crippen LogP contribution in [-0.4, -0.2) is 25.0 Å². The predicted octanol–water partition coefficient (Wildman–Crippen LogP) is 3.19. The molecule has 2 amide bonds. The Hall–Kier alpha value is -3.34. The number of ether oxygens (including phenoxy) is 1. The number of hydrogen-bond acceptors (Lipinski definition) is 3. The van der Waals surface area contributed by atoms with Crippen LogP contribution in [-0.2, 0) is 11.2 Å². The van der Waals surface area contributed by atoms with Gasteiger partial charge in [-0.05, 0) is 41.5 Å². The first-order valence-corrected chi connectivity index (χ1v) is 8.40. The predicted molar refractivity (Wildman–Crippen MR) is 102 cm³/mol. The van der Waals surface area contributed by atoms with Crippen LogP contribution < -0.4 is 15.4 Å². The lowest BCUT2D eigenvalue weighted by atomic mass is 10.1. The van der Waals surface area contributed by atoms with Crippen molar-refractivity contribution < 1.29 is 14.3 Å². The van der Waals surface area contributed by atoms with Gasteiger partial charge in [-0.25, -0.2) is 0 Å². The van der Waals surface area contributed by atoms with E-state index in [0.29, 0.717) is 24.4 Å². The highest BCUT2D eigenvalue weighted by Gasteiger charge is 2.12. The zero-order chi connectivity index (χ0) is 18.4. The van der Waals surface area contributed by atoms with Crippen LogP contribution in [0.1, 0.15) is 21.5 Å². The van der Waals surface area contributed by atoms with Crippen molar-refractivity contribution >= 4 is 23.6 Å². The van der Waals surface area contributed by atoms with Gasteiger partial charge in [0.15, 0.2) is 0 Å². The van der Waals surface area contributed by atoms with E-state index in [1.165, 1.54) is 6.08 Å². The Kier molecular flexibility index (Phi) is 5.49. The number of carbonyl (C=O) groups excluding carboxylic acids is 2. The Bertz CT molecular complexity index is 871. The molecule has 0 saturated heterocycles. The van der Waals surface area contributed by atoms with Gasteiger partial charge < -0.3 is 15.4 Å². The second-order valence-electron chi connectivity index (χ2n) is 5.83. The number of hydrogen-bond donors (Lipinski definition) is 2. The van der Waals surface area contributed by atoms with Gasteiger partial charge >= 0.3 is 0 Å². The molecule has 0 aliphatic carbocycles. The summed E-state index contributed by atoms with van der Waals surface area (Å²) >= 11 is 0. The Morgan fingerprint density at radius 3 is 2.88 bits per heavy atom. The van der Waals surface area contributed by atoms with E-state index in [2.05, 4.69) is 17.2 Å². The maximum absolute atomic E-state index is 12.2. The third-order valence-electron chi connectivity index (χ3n) is 3.98. The maximum atomic E-state index is 12.2. The highest BCUT2D eigenvalue weighted by molar-refractivity contribution is 6.07. The van der Waals surface area contributed by atoms with E-state index in [4.69, 9.17) is 4.74 Å². The van der Waals surface area contributed by atoms with Crippen LogP contribution in [0, 0.1) is 0 Å².